The number of aliphatic imine (C=N–C) groups is 1. The number of carbonyl (C=O) groups excluding carboxylic acids is 13. The number of primary amides is 1. The minimum atomic E-state index is -1.84. The summed E-state index contributed by atoms with van der Waals surface area (Å²) in [6.07, 6.45) is -0.688. The minimum Gasteiger partial charge on any atom is -0.508 e. The summed E-state index contributed by atoms with van der Waals surface area (Å²) in [5.74, 6) is -11.5. The molecule has 2 saturated heterocycles. The van der Waals surface area contributed by atoms with Crippen LogP contribution in [-0.2, 0) is 81.6 Å². The van der Waals surface area contributed by atoms with Gasteiger partial charge >= 0.3 is 0 Å². The van der Waals surface area contributed by atoms with Crippen LogP contribution in [0.4, 0.5) is 0 Å². The van der Waals surface area contributed by atoms with Gasteiger partial charge in [-0.25, -0.2) is 0 Å². The van der Waals surface area contributed by atoms with Crippen molar-refractivity contribution >= 4 is 105 Å². The number of guanidine groups is 1. The molecule has 0 aromatic heterocycles. The first-order valence-electron chi connectivity index (χ1n) is 33.0. The maximum absolute atomic E-state index is 15.1. The second-order valence-corrected chi connectivity index (χ2v) is 25.7. The fraction of sp³-hybridized carbons (Fsp3) is 0.471. The molecule has 4 aromatic rings. The average molecular weight is 1410 g/mol. The van der Waals surface area contributed by atoms with Crippen LogP contribution < -0.4 is 75.7 Å². The number of rotatable bonds is 28. The van der Waals surface area contributed by atoms with Gasteiger partial charge in [0.25, 0.3) is 0 Å². The van der Waals surface area contributed by atoms with Gasteiger partial charge in [-0.2, -0.15) is 0 Å². The van der Waals surface area contributed by atoms with Crippen LogP contribution in [0.2, 0.25) is 5.02 Å². The number of aliphatic hydroxyl groups is 1. The van der Waals surface area contributed by atoms with E-state index < -0.39 is 156 Å². The number of amides is 13. The second-order valence-electron chi connectivity index (χ2n) is 25.3. The molecule has 0 spiro atoms. The van der Waals surface area contributed by atoms with Crippen molar-refractivity contribution in [2.24, 2.45) is 28.1 Å². The monoisotopic (exact) mass is 1410 g/mol. The Bertz CT molecular complexity index is 3630. The summed E-state index contributed by atoms with van der Waals surface area (Å²) in [6.45, 7) is 6.36. The molecular formula is C68H91ClN16O15. The van der Waals surface area contributed by atoms with E-state index >= 15 is 9.59 Å². The van der Waals surface area contributed by atoms with Crippen molar-refractivity contribution in [2.45, 2.75) is 172 Å². The summed E-state index contributed by atoms with van der Waals surface area (Å²) in [6, 6.07) is 9.41. The fourth-order valence-electron chi connectivity index (χ4n) is 11.3. The molecule has 0 unspecified atom stereocenters. The maximum atomic E-state index is 15.1. The fourth-order valence-corrected chi connectivity index (χ4v) is 11.5. The van der Waals surface area contributed by atoms with E-state index in [9.17, 15) is 63.0 Å². The predicted molar refractivity (Wildman–Crippen MR) is 368 cm³/mol. The van der Waals surface area contributed by atoms with E-state index in [2.05, 4.69) is 63.5 Å². The van der Waals surface area contributed by atoms with Crippen LogP contribution in [0.3, 0.4) is 0 Å². The van der Waals surface area contributed by atoms with Crippen LogP contribution in [0.15, 0.2) is 96.0 Å². The molecule has 19 N–H and O–H groups in total. The molecule has 4 aromatic carbocycles. The summed E-state index contributed by atoms with van der Waals surface area (Å²) < 4.78 is 0. The number of nitrogens with two attached hydrogens (primary N) is 3. The van der Waals surface area contributed by atoms with Crippen LogP contribution in [0.1, 0.15) is 103 Å². The standard InChI is InChI=1S/C68H91ClN16O15/c1-36(2)29-49(61(94)79-48(14-9-27-74-68(71)72)67(100)85-28-10-15-55(85)66(99)76-37(3)57(70)90)80-63(96)52(33-42-16-21-43-11-6-7-12-44(43)30-42)82-62(95)51(32-41-19-24-46(88)25-20-41)83-65(98)54(35-86)84-60(93)47-13-8-26-73-59(92)50(31-40-17-22-45(69)23-18-40)81-64(97)53(77-39(5)87)34-56(89)75-38(4)58(91)78-47/h6-7,11-12,16-25,30,36-38,47-55,86,88H,8-10,13-15,26-29,31-35H2,1-5H3,(H2,70,90)(H,73,92)(H,75,89)(H,76,99)(H,77,87)(H,78,91)(H,79,94)(H,80,96)(H,81,97)(H,82,95)(H,83,98)(H,84,93)(H4,71,72,74)/t37-,38+,47-,48+,49-,50-,51+,52-,53+,54+,55+/m1/s1. The minimum absolute atomic E-state index is 0.00198. The number of halogens is 1. The van der Waals surface area contributed by atoms with Gasteiger partial charge in [-0.3, -0.25) is 67.3 Å². The molecule has 2 heterocycles. The Morgan fingerprint density at radius 1 is 0.660 bits per heavy atom. The third kappa shape index (κ3) is 24.5. The van der Waals surface area contributed by atoms with E-state index in [4.69, 9.17) is 28.8 Å². The molecule has 0 radical (unpaired) electrons. The van der Waals surface area contributed by atoms with E-state index in [1.807, 2.05) is 30.3 Å². The zero-order valence-electron chi connectivity index (χ0n) is 56.4. The molecule has 6 rings (SSSR count). The Morgan fingerprint density at radius 3 is 1.89 bits per heavy atom. The van der Waals surface area contributed by atoms with E-state index in [1.165, 1.54) is 43.0 Å². The lowest BCUT2D eigenvalue weighted by molar-refractivity contribution is -0.142. The van der Waals surface area contributed by atoms with Crippen molar-refractivity contribution in [3.8, 4) is 5.75 Å². The van der Waals surface area contributed by atoms with Gasteiger partial charge in [0.15, 0.2) is 5.96 Å². The van der Waals surface area contributed by atoms with Gasteiger partial charge in [0.1, 0.15) is 72.2 Å². The molecule has 31 nitrogen and oxygen atoms in total. The third-order valence-corrected chi connectivity index (χ3v) is 16.9. The zero-order chi connectivity index (χ0) is 73.3. The highest BCUT2D eigenvalue weighted by Crippen LogP contribution is 2.22. The number of benzene rings is 4. The van der Waals surface area contributed by atoms with E-state index in [0.717, 1.165) is 17.7 Å². The molecular weight excluding hydrogens is 1320 g/mol. The van der Waals surface area contributed by atoms with Gasteiger partial charge in [0, 0.05) is 50.8 Å². The molecule has 2 aliphatic rings. The first-order chi connectivity index (χ1) is 47.5. The average Bonchev–Trinajstić information content (AvgIpc) is 1.50. The highest BCUT2D eigenvalue weighted by Gasteiger charge is 2.40. The molecule has 0 aliphatic carbocycles. The SMILES string of the molecule is CC(=O)N[C@H]1CC(=O)N[C@@H](C)C(=O)N[C@@H](C(=O)N[C@@H](CO)C(=O)N[C@@H](Cc2ccc(O)cc2)C(=O)N[C@H](Cc2ccc3ccccc3c2)C(=O)N[C@H](CC(C)C)C(=O)N[C@@H](CCCN=C(N)N)C(=O)N2CCC[C@H]2C(=O)N[C@H](C)C(N)=O)CCCNC(=O)[C@@H](Cc2ccc(Cl)cc2)NC1=O. The second kappa shape index (κ2) is 38.1. The first-order valence-corrected chi connectivity index (χ1v) is 33.4. The number of nitrogens with zero attached hydrogens (tertiary/aromatic N) is 2. The third-order valence-electron chi connectivity index (χ3n) is 16.7. The van der Waals surface area contributed by atoms with E-state index in [0.29, 0.717) is 28.1 Å². The summed E-state index contributed by atoms with van der Waals surface area (Å²) in [5, 5.41) is 51.6. The van der Waals surface area contributed by atoms with Crippen LogP contribution in [0, 0.1) is 5.92 Å². The number of nitrogens with one attached hydrogen (secondary N) is 11. The van der Waals surface area contributed by atoms with Crippen LogP contribution >= 0.6 is 11.6 Å². The van der Waals surface area contributed by atoms with Crippen molar-refractivity contribution in [1.29, 1.82) is 0 Å². The van der Waals surface area contributed by atoms with Crippen LogP contribution in [0.25, 0.3) is 10.8 Å². The smallest absolute Gasteiger partial charge is 0.245 e. The van der Waals surface area contributed by atoms with Crippen molar-refractivity contribution in [2.75, 3.05) is 26.2 Å². The molecule has 0 saturated carbocycles. The van der Waals surface area contributed by atoms with Gasteiger partial charge in [0.2, 0.25) is 76.8 Å². The maximum Gasteiger partial charge on any atom is 0.245 e. The first kappa shape index (κ1) is 78.6. The van der Waals surface area contributed by atoms with E-state index in [-0.39, 0.29) is 95.0 Å². The lowest BCUT2D eigenvalue weighted by Gasteiger charge is -2.31. The number of hydrogen-bond donors (Lipinski definition) is 16. The number of phenols is 1. The molecule has 540 valence electrons. The Morgan fingerprint density at radius 2 is 1.26 bits per heavy atom. The number of likely N-dealkylation sites (tertiary alicyclic amines) is 1. The Balaban J connectivity index is 1.27. The lowest BCUT2D eigenvalue weighted by Crippen LogP contribution is -2.61. The number of aromatic hydroxyl groups is 1. The molecule has 2 aliphatic heterocycles. The number of carbonyl (C=O) groups is 13. The molecule has 11 atom stereocenters. The van der Waals surface area contributed by atoms with E-state index in [1.54, 1.807) is 50.2 Å². The van der Waals surface area contributed by atoms with Gasteiger partial charge in [-0.15, -0.1) is 0 Å². The number of hydrogen-bond acceptors (Lipinski definition) is 16. The van der Waals surface area contributed by atoms with Crippen LogP contribution in [0.5, 0.6) is 5.75 Å². The summed E-state index contributed by atoms with van der Waals surface area (Å²) >= 11 is 6.09. The zero-order valence-corrected chi connectivity index (χ0v) is 57.2. The highest BCUT2D eigenvalue weighted by molar-refractivity contribution is 6.30. The largest absolute Gasteiger partial charge is 0.508 e. The topological polar surface area (TPSA) is 488 Å². The molecule has 32 heteroatoms. The van der Waals surface area contributed by atoms with Gasteiger partial charge < -0.3 is 90.8 Å². The molecule has 100 heavy (non-hydrogen) atoms. The quantitative estimate of drug-likeness (QED) is 0.0166. The van der Waals surface area contributed by atoms with Gasteiger partial charge in [0.05, 0.1) is 13.0 Å². The number of phenolic OH excluding ortho intramolecular Hbond substituents is 1. The number of aliphatic hydroxyl groups excluding tert-OH is 1. The summed E-state index contributed by atoms with van der Waals surface area (Å²) in [4.78, 5) is 186. The highest BCUT2D eigenvalue weighted by atomic mass is 35.5. The van der Waals surface area contributed by atoms with Gasteiger partial charge in [-0.1, -0.05) is 92.2 Å². The Hall–Kier alpha value is -10.4. The molecule has 0 bridgehead atoms. The van der Waals surface area contributed by atoms with Crippen molar-refractivity contribution in [1.82, 2.24) is 63.4 Å². The molecule has 2 fully saturated rings. The van der Waals surface area contributed by atoms with Crippen molar-refractivity contribution < 1.29 is 72.5 Å². The number of fused-ring (bicyclic) bond motifs is 1. The van der Waals surface area contributed by atoms with Crippen molar-refractivity contribution in [3.05, 3.63) is 113 Å². The predicted octanol–water partition coefficient (Wildman–Crippen LogP) is -2.00. The van der Waals surface area contributed by atoms with Crippen LogP contribution in [-0.4, -0.2) is 191 Å². The Labute approximate surface area is 583 Å². The Kier molecular flexibility index (Phi) is 29.9. The van der Waals surface area contributed by atoms with Crippen molar-refractivity contribution in [3.63, 3.8) is 0 Å². The lowest BCUT2D eigenvalue weighted by atomic mass is 9.98. The molecule has 13 amide bonds. The summed E-state index contributed by atoms with van der Waals surface area (Å²) in [7, 11) is 0. The summed E-state index contributed by atoms with van der Waals surface area (Å²) in [5.41, 5.74) is 18.1. The van der Waals surface area contributed by atoms with Gasteiger partial charge in [-0.05, 0) is 116 Å². The normalized spacial score (nSPS) is 19.4.